The molecule has 172 valence electrons. The van der Waals surface area contributed by atoms with Crippen molar-refractivity contribution in [2.45, 2.75) is 44.0 Å². The molecule has 1 aromatic rings. The molecule has 3 aliphatic rings. The van der Waals surface area contributed by atoms with E-state index in [0.29, 0.717) is 30.5 Å². The number of β-amino-alcohol motifs (C(OH)–C–C–N with tert-alkyl or cyclic N) is 1. The standard InChI is InChI=1S/C18H24N2O3S.C2HF3O2/c21-17-12-19(13-17)16-7-9-20(10-8-16)24(22,23)18-6-5-14-3-1-2-4-15(14)11-18;3-2(4,5)1(6)7/h1-4,11,16-17,21H,5-10,12-13H2;(H,6,7). The number of benzene rings is 1. The number of piperidine rings is 1. The van der Waals surface area contributed by atoms with Gasteiger partial charge < -0.3 is 10.2 Å². The van der Waals surface area contributed by atoms with E-state index < -0.39 is 22.2 Å². The van der Waals surface area contributed by atoms with Crippen molar-refractivity contribution in [3.05, 3.63) is 40.3 Å². The normalized spacial score (nSPS) is 21.4. The van der Waals surface area contributed by atoms with Gasteiger partial charge in [-0.05, 0) is 42.9 Å². The molecule has 0 atom stereocenters. The molecule has 2 aliphatic heterocycles. The van der Waals surface area contributed by atoms with Gasteiger partial charge in [-0.25, -0.2) is 13.2 Å². The van der Waals surface area contributed by atoms with Crippen molar-refractivity contribution in [3.63, 3.8) is 0 Å². The van der Waals surface area contributed by atoms with Gasteiger partial charge in [0.2, 0.25) is 10.0 Å². The first-order valence-electron chi connectivity index (χ1n) is 9.99. The van der Waals surface area contributed by atoms with Crippen molar-refractivity contribution in [2.24, 2.45) is 0 Å². The van der Waals surface area contributed by atoms with Crippen molar-refractivity contribution in [3.8, 4) is 0 Å². The fourth-order valence-electron chi connectivity index (χ4n) is 4.01. The quantitative estimate of drug-likeness (QED) is 0.714. The number of allylic oxidation sites excluding steroid dienone is 1. The van der Waals surface area contributed by atoms with Crippen molar-refractivity contribution < 1.29 is 36.6 Å². The molecule has 2 N–H and O–H groups in total. The fourth-order valence-corrected chi connectivity index (χ4v) is 5.67. The molecule has 0 bridgehead atoms. The molecule has 7 nitrogen and oxygen atoms in total. The first kappa shape index (κ1) is 23.7. The first-order chi connectivity index (χ1) is 14.5. The van der Waals surface area contributed by atoms with Crippen LogP contribution in [0.1, 0.15) is 30.4 Å². The number of aryl methyl sites for hydroxylation is 1. The van der Waals surface area contributed by atoms with Crippen LogP contribution in [0.15, 0.2) is 29.2 Å². The highest BCUT2D eigenvalue weighted by Gasteiger charge is 2.38. The summed E-state index contributed by atoms with van der Waals surface area (Å²) < 4.78 is 59.3. The summed E-state index contributed by atoms with van der Waals surface area (Å²) in [7, 11) is -3.35. The minimum atomic E-state index is -5.08. The van der Waals surface area contributed by atoms with Crippen LogP contribution in [0.4, 0.5) is 13.2 Å². The van der Waals surface area contributed by atoms with Crippen LogP contribution >= 0.6 is 0 Å². The number of hydrogen-bond donors (Lipinski definition) is 2. The van der Waals surface area contributed by atoms with E-state index in [1.807, 2.05) is 24.3 Å². The number of rotatable bonds is 3. The summed E-state index contributed by atoms with van der Waals surface area (Å²) in [5.41, 5.74) is 2.26. The highest BCUT2D eigenvalue weighted by atomic mass is 32.2. The van der Waals surface area contributed by atoms with Crippen LogP contribution < -0.4 is 0 Å². The zero-order valence-corrected chi connectivity index (χ0v) is 17.6. The largest absolute Gasteiger partial charge is 0.490 e. The number of alkyl halides is 3. The molecule has 0 amide bonds. The summed E-state index contributed by atoms with van der Waals surface area (Å²) in [5, 5.41) is 16.6. The molecule has 11 heteroatoms. The van der Waals surface area contributed by atoms with Crippen molar-refractivity contribution in [1.82, 2.24) is 9.21 Å². The summed E-state index contributed by atoms with van der Waals surface area (Å²) in [5.74, 6) is -2.76. The Kier molecular flexibility index (Phi) is 7.09. The number of carboxylic acids is 1. The highest BCUT2D eigenvalue weighted by Crippen LogP contribution is 2.31. The van der Waals surface area contributed by atoms with E-state index in [-0.39, 0.29) is 6.10 Å². The number of aliphatic hydroxyl groups is 1. The van der Waals surface area contributed by atoms with Gasteiger partial charge in [-0.3, -0.25) is 4.90 Å². The van der Waals surface area contributed by atoms with E-state index in [4.69, 9.17) is 9.90 Å². The second kappa shape index (κ2) is 9.27. The summed E-state index contributed by atoms with van der Waals surface area (Å²) in [4.78, 5) is 11.7. The monoisotopic (exact) mass is 462 g/mol. The van der Waals surface area contributed by atoms with Crippen LogP contribution in [0.5, 0.6) is 0 Å². The average Bonchev–Trinajstić information content (AvgIpc) is 2.71. The summed E-state index contributed by atoms with van der Waals surface area (Å²) in [6.45, 7) is 2.63. The van der Waals surface area contributed by atoms with Gasteiger partial charge in [0.25, 0.3) is 0 Å². The zero-order chi connectivity index (χ0) is 22.8. The number of likely N-dealkylation sites (tertiary alicyclic amines) is 1. The van der Waals surface area contributed by atoms with Gasteiger partial charge in [-0.2, -0.15) is 17.5 Å². The Balaban J connectivity index is 0.000000339. The third kappa shape index (κ3) is 5.65. The number of halogens is 3. The molecule has 0 unspecified atom stereocenters. The Labute approximate surface area is 178 Å². The molecule has 2 fully saturated rings. The summed E-state index contributed by atoms with van der Waals surface area (Å²) in [6, 6.07) is 8.44. The molecule has 1 aromatic carbocycles. The minimum Gasteiger partial charge on any atom is -0.475 e. The molecule has 2 saturated heterocycles. The van der Waals surface area contributed by atoms with Crippen molar-refractivity contribution >= 4 is 22.1 Å². The average molecular weight is 462 g/mol. The lowest BCUT2D eigenvalue weighted by Gasteiger charge is -2.45. The van der Waals surface area contributed by atoms with Gasteiger partial charge in [-0.15, -0.1) is 0 Å². The Morgan fingerprint density at radius 3 is 2.19 bits per heavy atom. The van der Waals surface area contributed by atoms with Crippen LogP contribution in [0.25, 0.3) is 6.08 Å². The highest BCUT2D eigenvalue weighted by molar-refractivity contribution is 7.93. The Morgan fingerprint density at radius 1 is 1.06 bits per heavy atom. The summed E-state index contributed by atoms with van der Waals surface area (Å²) in [6.07, 6.45) is -0.322. The molecule has 1 aliphatic carbocycles. The molecular weight excluding hydrogens is 437 g/mol. The van der Waals surface area contributed by atoms with Crippen LogP contribution in [0.2, 0.25) is 0 Å². The maximum Gasteiger partial charge on any atom is 0.490 e. The molecule has 0 aromatic heterocycles. The van der Waals surface area contributed by atoms with Crippen LogP contribution in [0, 0.1) is 0 Å². The van der Waals surface area contributed by atoms with Gasteiger partial charge in [0, 0.05) is 32.2 Å². The second-order valence-electron chi connectivity index (χ2n) is 7.86. The number of sulfonamides is 1. The van der Waals surface area contributed by atoms with E-state index in [1.54, 1.807) is 4.31 Å². The summed E-state index contributed by atoms with van der Waals surface area (Å²) >= 11 is 0. The Bertz CT molecular complexity index is 934. The molecular formula is C20H25F3N2O5S. The fraction of sp³-hybridized carbons (Fsp3) is 0.550. The number of aliphatic carboxylic acids is 1. The van der Waals surface area contributed by atoms with Gasteiger partial charge in [0.15, 0.2) is 0 Å². The van der Waals surface area contributed by atoms with E-state index >= 15 is 0 Å². The first-order valence-corrected chi connectivity index (χ1v) is 11.4. The van der Waals surface area contributed by atoms with E-state index in [9.17, 15) is 26.7 Å². The SMILES string of the molecule is O=C(O)C(F)(F)F.O=S(=O)(C1=Cc2ccccc2CC1)N1CCC(N2CC(O)C2)CC1. The number of fused-ring (bicyclic) bond motifs is 1. The third-order valence-corrected chi connectivity index (χ3v) is 7.79. The van der Waals surface area contributed by atoms with Gasteiger partial charge in [-0.1, -0.05) is 24.3 Å². The molecule has 4 rings (SSSR count). The number of hydrogen-bond acceptors (Lipinski definition) is 5. The van der Waals surface area contributed by atoms with Crippen LogP contribution in [0.3, 0.4) is 0 Å². The predicted molar refractivity (Wildman–Crippen MR) is 108 cm³/mol. The smallest absolute Gasteiger partial charge is 0.475 e. The maximum atomic E-state index is 13.0. The van der Waals surface area contributed by atoms with Crippen LogP contribution in [-0.4, -0.2) is 78.3 Å². The topological polar surface area (TPSA) is 98.1 Å². The molecule has 0 radical (unpaired) electrons. The molecule has 31 heavy (non-hydrogen) atoms. The molecule has 0 saturated carbocycles. The Morgan fingerprint density at radius 2 is 1.65 bits per heavy atom. The van der Waals surface area contributed by atoms with E-state index in [1.165, 1.54) is 5.56 Å². The lowest BCUT2D eigenvalue weighted by molar-refractivity contribution is -0.192. The van der Waals surface area contributed by atoms with Crippen LogP contribution in [-0.2, 0) is 21.2 Å². The number of aliphatic hydroxyl groups excluding tert-OH is 1. The van der Waals surface area contributed by atoms with Crippen molar-refractivity contribution in [2.75, 3.05) is 26.2 Å². The predicted octanol–water partition coefficient (Wildman–Crippen LogP) is 2.08. The lowest BCUT2D eigenvalue weighted by Crippen LogP contribution is -2.58. The van der Waals surface area contributed by atoms with Gasteiger partial charge >= 0.3 is 12.1 Å². The number of carboxylic acid groups (broad SMARTS) is 1. The van der Waals surface area contributed by atoms with Crippen molar-refractivity contribution in [1.29, 1.82) is 0 Å². The van der Waals surface area contributed by atoms with E-state index in [0.717, 1.165) is 37.9 Å². The zero-order valence-electron chi connectivity index (χ0n) is 16.8. The van der Waals surface area contributed by atoms with Gasteiger partial charge in [0.1, 0.15) is 0 Å². The molecule has 2 heterocycles. The molecule has 0 spiro atoms. The van der Waals surface area contributed by atoms with Gasteiger partial charge in [0.05, 0.1) is 11.0 Å². The maximum absolute atomic E-state index is 13.0. The third-order valence-electron chi connectivity index (χ3n) is 5.76. The Hall–Kier alpha value is -1.95. The van der Waals surface area contributed by atoms with E-state index in [2.05, 4.69) is 11.0 Å². The number of nitrogens with zero attached hydrogens (tertiary/aromatic N) is 2. The lowest BCUT2D eigenvalue weighted by atomic mass is 9.98. The minimum absolute atomic E-state index is 0.195. The second-order valence-corrected chi connectivity index (χ2v) is 9.85. The number of carbonyl (C=O) groups is 1.